The predicted molar refractivity (Wildman–Crippen MR) is 204 cm³/mol. The number of rotatable bonds is 13. The fraction of sp³-hybridized carbons (Fsp3) is 0.565. The maximum Gasteiger partial charge on any atom is 0.309 e. The SMILES string of the molecule is CC1C2CC3CC(C2)CC1(CC(=O)OCOc1ccccc1[S+](c1ccccc1)c1ccccc1OCOC(=O)CC12CC4CC(CC(C4)C1C)C2)C3. The van der Waals surface area contributed by atoms with Crippen molar-refractivity contribution in [3.63, 3.8) is 0 Å². The number of hydrogen-bond acceptors (Lipinski definition) is 6. The molecule has 8 aliphatic rings. The van der Waals surface area contributed by atoms with Gasteiger partial charge < -0.3 is 18.9 Å². The van der Waals surface area contributed by atoms with Crippen molar-refractivity contribution < 1.29 is 28.5 Å². The topological polar surface area (TPSA) is 71.1 Å². The second kappa shape index (κ2) is 14.3. The molecule has 3 aromatic carbocycles. The Morgan fingerprint density at radius 2 is 0.962 bits per heavy atom. The Kier molecular flexibility index (Phi) is 9.53. The lowest BCUT2D eigenvalue weighted by atomic mass is 9.45. The fourth-order valence-corrected chi connectivity index (χ4v) is 15.2. The number of esters is 2. The van der Waals surface area contributed by atoms with Crippen molar-refractivity contribution in [2.75, 3.05) is 13.6 Å². The molecule has 8 fully saturated rings. The molecule has 0 heterocycles. The van der Waals surface area contributed by atoms with Crippen molar-refractivity contribution in [3.8, 4) is 11.5 Å². The fourth-order valence-electron chi connectivity index (χ4n) is 12.9. The summed E-state index contributed by atoms with van der Waals surface area (Å²) in [7, 11) is -0.625. The van der Waals surface area contributed by atoms with Gasteiger partial charge in [-0.15, -0.1) is 0 Å². The van der Waals surface area contributed by atoms with Gasteiger partial charge in [0.25, 0.3) is 0 Å². The summed E-state index contributed by atoms with van der Waals surface area (Å²) in [6.45, 7) is 4.50. The summed E-state index contributed by atoms with van der Waals surface area (Å²) in [6.07, 6.45) is 13.7. The summed E-state index contributed by atoms with van der Waals surface area (Å²) < 4.78 is 24.3. The maximum atomic E-state index is 13.4. The zero-order valence-electron chi connectivity index (χ0n) is 31.4. The molecule has 8 aliphatic carbocycles. The van der Waals surface area contributed by atoms with Crippen LogP contribution in [0.15, 0.2) is 93.5 Å². The van der Waals surface area contributed by atoms with Crippen LogP contribution in [0.3, 0.4) is 0 Å². The third-order valence-corrected chi connectivity index (χ3v) is 17.3. The Morgan fingerprint density at radius 1 is 0.566 bits per heavy atom. The molecule has 6 nitrogen and oxygen atoms in total. The lowest BCUT2D eigenvalue weighted by Gasteiger charge is -2.60. The number of carbonyl (C=O) groups is 2. The van der Waals surface area contributed by atoms with Crippen LogP contribution < -0.4 is 9.47 Å². The summed E-state index contributed by atoms with van der Waals surface area (Å²) in [5, 5.41) is 0. The van der Waals surface area contributed by atoms with Gasteiger partial charge in [-0.3, -0.25) is 9.59 Å². The Bertz CT molecular complexity index is 1670. The van der Waals surface area contributed by atoms with E-state index >= 15 is 0 Å². The van der Waals surface area contributed by atoms with Crippen molar-refractivity contribution >= 4 is 22.8 Å². The van der Waals surface area contributed by atoms with E-state index in [1.54, 1.807) is 0 Å². The molecule has 280 valence electrons. The zero-order valence-corrected chi connectivity index (χ0v) is 32.2. The van der Waals surface area contributed by atoms with Gasteiger partial charge in [-0.25, -0.2) is 0 Å². The van der Waals surface area contributed by atoms with Crippen LogP contribution in [-0.4, -0.2) is 25.5 Å². The monoisotopic (exact) mass is 735 g/mol. The molecule has 6 atom stereocenters. The molecule has 3 aromatic rings. The van der Waals surface area contributed by atoms with E-state index in [-0.39, 0.29) is 36.4 Å². The highest BCUT2D eigenvalue weighted by Gasteiger charge is 2.57. The highest BCUT2D eigenvalue weighted by atomic mass is 32.2. The van der Waals surface area contributed by atoms with Crippen LogP contribution in [0.4, 0.5) is 0 Å². The number of hydrogen-bond donors (Lipinski definition) is 0. The smallest absolute Gasteiger partial charge is 0.309 e. The summed E-state index contributed by atoms with van der Waals surface area (Å²) in [6, 6.07) is 26.3. The van der Waals surface area contributed by atoms with Gasteiger partial charge in [0.2, 0.25) is 23.4 Å². The lowest BCUT2D eigenvalue weighted by Crippen LogP contribution is -2.52. The van der Waals surface area contributed by atoms with Crippen molar-refractivity contribution in [1.29, 1.82) is 0 Å². The first-order valence-corrected chi connectivity index (χ1v) is 21.5. The van der Waals surface area contributed by atoms with Gasteiger partial charge in [0.15, 0.2) is 16.4 Å². The number of ether oxygens (including phenoxy) is 4. The average Bonchev–Trinajstić information content (AvgIpc) is 3.14. The zero-order chi connectivity index (χ0) is 36.2. The summed E-state index contributed by atoms with van der Waals surface area (Å²) in [5.74, 6) is 6.85. The van der Waals surface area contributed by atoms with Crippen LogP contribution in [-0.2, 0) is 30.0 Å². The standard InChI is InChI=1S/C46H55O6S/c1-30-36-18-32-16-33(19-36)23-45(30,22-32)26-43(47)51-28-49-39-12-6-8-14-41(39)53(38-10-4-3-5-11-38)42-15-9-7-13-40(42)50-29-52-44(48)27-46-24-34-17-35(25-46)21-37(20-34)31(46)2/h3-15,30-37H,16-29H2,1-2H3/q+1. The van der Waals surface area contributed by atoms with E-state index in [1.165, 1.54) is 64.2 Å². The van der Waals surface area contributed by atoms with E-state index in [0.29, 0.717) is 36.2 Å². The molecule has 53 heavy (non-hydrogen) atoms. The Balaban J connectivity index is 0.880. The van der Waals surface area contributed by atoms with E-state index < -0.39 is 10.9 Å². The Hall–Kier alpha value is -3.45. The first-order valence-electron chi connectivity index (χ1n) is 20.3. The maximum absolute atomic E-state index is 13.4. The number of benzene rings is 3. The number of para-hydroxylation sites is 2. The van der Waals surface area contributed by atoms with E-state index in [0.717, 1.165) is 50.2 Å². The number of carbonyl (C=O) groups excluding carboxylic acids is 2. The van der Waals surface area contributed by atoms with Gasteiger partial charge in [-0.2, -0.15) is 0 Å². The molecule has 0 saturated heterocycles. The Labute approximate surface area is 318 Å². The molecule has 0 amide bonds. The molecular formula is C46H55O6S+. The van der Waals surface area contributed by atoms with Crippen LogP contribution in [0, 0.1) is 58.2 Å². The van der Waals surface area contributed by atoms with E-state index in [4.69, 9.17) is 18.9 Å². The molecule has 0 aliphatic heterocycles. The van der Waals surface area contributed by atoms with Gasteiger partial charge in [0.05, 0.1) is 12.8 Å². The summed E-state index contributed by atoms with van der Waals surface area (Å²) in [5.41, 5.74) is 0.184. The van der Waals surface area contributed by atoms with Gasteiger partial charge in [-0.05, 0) is 159 Å². The average molecular weight is 736 g/mol. The highest BCUT2D eigenvalue weighted by molar-refractivity contribution is 7.97. The van der Waals surface area contributed by atoms with Crippen molar-refractivity contribution in [2.24, 2.45) is 58.2 Å². The third-order valence-electron chi connectivity index (χ3n) is 15.0. The first-order chi connectivity index (χ1) is 25.8. The molecule has 8 saturated carbocycles. The molecular weight excluding hydrogens is 681 g/mol. The van der Waals surface area contributed by atoms with E-state index in [2.05, 4.69) is 38.1 Å². The quantitative estimate of drug-likeness (QED) is 0.0989. The minimum atomic E-state index is -0.625. The van der Waals surface area contributed by atoms with Gasteiger partial charge >= 0.3 is 11.9 Å². The minimum Gasteiger partial charge on any atom is -0.452 e. The summed E-state index contributed by atoms with van der Waals surface area (Å²) >= 11 is 0. The molecule has 0 N–H and O–H groups in total. The highest BCUT2D eigenvalue weighted by Crippen LogP contribution is 2.65. The molecule has 11 rings (SSSR count). The second-order valence-corrected chi connectivity index (χ2v) is 19.9. The Morgan fingerprint density at radius 3 is 1.40 bits per heavy atom. The van der Waals surface area contributed by atoms with Crippen LogP contribution in [0.1, 0.15) is 90.9 Å². The normalized spacial score (nSPS) is 35.1. The second-order valence-electron chi connectivity index (χ2n) is 17.9. The molecule has 0 spiro atoms. The third kappa shape index (κ3) is 6.78. The lowest BCUT2D eigenvalue weighted by molar-refractivity contribution is -0.165. The van der Waals surface area contributed by atoms with E-state index in [9.17, 15) is 9.59 Å². The van der Waals surface area contributed by atoms with Crippen molar-refractivity contribution in [1.82, 2.24) is 0 Å². The van der Waals surface area contributed by atoms with E-state index in [1.807, 2.05) is 54.6 Å². The molecule has 6 unspecified atom stereocenters. The van der Waals surface area contributed by atoms with Crippen LogP contribution in [0.2, 0.25) is 0 Å². The van der Waals surface area contributed by atoms with Gasteiger partial charge in [0, 0.05) is 0 Å². The van der Waals surface area contributed by atoms with Gasteiger partial charge in [0.1, 0.15) is 10.9 Å². The molecule has 7 heteroatoms. The van der Waals surface area contributed by atoms with Crippen LogP contribution in [0.5, 0.6) is 11.5 Å². The molecule has 8 bridgehead atoms. The van der Waals surface area contributed by atoms with Crippen molar-refractivity contribution in [2.45, 2.75) is 106 Å². The summed E-state index contributed by atoms with van der Waals surface area (Å²) in [4.78, 5) is 29.8. The minimum absolute atomic E-state index is 0.0921. The molecule has 0 aromatic heterocycles. The molecule has 0 radical (unpaired) electrons. The predicted octanol–water partition coefficient (Wildman–Crippen LogP) is 10.2. The van der Waals surface area contributed by atoms with Crippen LogP contribution in [0.25, 0.3) is 0 Å². The van der Waals surface area contributed by atoms with Crippen molar-refractivity contribution in [3.05, 3.63) is 78.9 Å². The van der Waals surface area contributed by atoms with Gasteiger partial charge in [-0.1, -0.05) is 56.3 Å². The van der Waals surface area contributed by atoms with Crippen LogP contribution >= 0.6 is 0 Å². The largest absolute Gasteiger partial charge is 0.452 e. The first kappa shape index (κ1) is 35.3.